The number of β-amino-alcohol motifs (C(OH)–C–C–N with tert-alkyl or cyclic N) is 1. The Morgan fingerprint density at radius 1 is 0.920 bits per heavy atom. The van der Waals surface area contributed by atoms with Crippen LogP contribution in [-0.4, -0.2) is 104 Å². The van der Waals surface area contributed by atoms with Crippen molar-refractivity contribution in [2.24, 2.45) is 0 Å². The predicted octanol–water partition coefficient (Wildman–Crippen LogP) is -0.445. The van der Waals surface area contributed by atoms with Crippen LogP contribution in [0.4, 0.5) is 0 Å². The van der Waals surface area contributed by atoms with Gasteiger partial charge in [0, 0.05) is 25.7 Å². The van der Waals surface area contributed by atoms with Gasteiger partial charge in [-0.15, -0.1) is 0 Å². The van der Waals surface area contributed by atoms with Gasteiger partial charge in [0.25, 0.3) is 0 Å². The number of likely N-dealkylation sites (tertiary alicyclic amines) is 1. The number of hydrogen-bond donors (Lipinski definition) is 1. The van der Waals surface area contributed by atoms with Crippen LogP contribution < -0.4 is 0 Å². The molecular formula is C17H31N3O4S. The van der Waals surface area contributed by atoms with E-state index in [9.17, 15) is 18.3 Å². The van der Waals surface area contributed by atoms with Crippen LogP contribution in [0.1, 0.15) is 32.1 Å². The van der Waals surface area contributed by atoms with E-state index in [-0.39, 0.29) is 36.1 Å². The lowest BCUT2D eigenvalue weighted by atomic mass is 10.0. The first-order valence-electron chi connectivity index (χ1n) is 9.57. The van der Waals surface area contributed by atoms with Gasteiger partial charge in [-0.25, -0.2) is 8.42 Å². The Morgan fingerprint density at radius 2 is 1.56 bits per heavy atom. The van der Waals surface area contributed by atoms with Crippen LogP contribution in [0, 0.1) is 0 Å². The molecule has 3 fully saturated rings. The molecule has 0 saturated carbocycles. The predicted molar refractivity (Wildman–Crippen MR) is 96.1 cm³/mol. The summed E-state index contributed by atoms with van der Waals surface area (Å²) in [6.07, 6.45) is 6.02. The molecule has 3 aliphatic rings. The normalized spacial score (nSPS) is 31.3. The molecule has 3 heterocycles. The van der Waals surface area contributed by atoms with Gasteiger partial charge < -0.3 is 10.0 Å². The lowest BCUT2D eigenvalue weighted by Crippen LogP contribution is -2.62. The SMILES string of the molecule is O=C(CN1CCCCCCC1)N1CCN(CCO)[C@H]2CS(=O)(=O)C[C@H]21. The third kappa shape index (κ3) is 4.72. The van der Waals surface area contributed by atoms with Crippen LogP contribution in [0.3, 0.4) is 0 Å². The summed E-state index contributed by atoms with van der Waals surface area (Å²) in [4.78, 5) is 19.0. The molecular weight excluding hydrogens is 342 g/mol. The highest BCUT2D eigenvalue weighted by Gasteiger charge is 2.47. The molecule has 0 aromatic heterocycles. The summed E-state index contributed by atoms with van der Waals surface area (Å²) >= 11 is 0. The highest BCUT2D eigenvalue weighted by Crippen LogP contribution is 2.27. The summed E-state index contributed by atoms with van der Waals surface area (Å²) in [5, 5.41) is 9.23. The monoisotopic (exact) mass is 373 g/mol. The van der Waals surface area contributed by atoms with E-state index in [0.717, 1.165) is 25.9 Å². The molecule has 144 valence electrons. The fourth-order valence-corrected chi connectivity index (χ4v) is 6.51. The van der Waals surface area contributed by atoms with Crippen molar-refractivity contribution in [3.05, 3.63) is 0 Å². The number of nitrogens with zero attached hydrogens (tertiary/aromatic N) is 3. The van der Waals surface area contributed by atoms with Gasteiger partial charge >= 0.3 is 0 Å². The molecule has 25 heavy (non-hydrogen) atoms. The molecule has 3 rings (SSSR count). The zero-order valence-corrected chi connectivity index (χ0v) is 15.8. The van der Waals surface area contributed by atoms with Crippen molar-refractivity contribution in [3.63, 3.8) is 0 Å². The van der Waals surface area contributed by atoms with Crippen molar-refractivity contribution < 1.29 is 18.3 Å². The van der Waals surface area contributed by atoms with E-state index in [1.54, 1.807) is 0 Å². The van der Waals surface area contributed by atoms with Gasteiger partial charge in [-0.2, -0.15) is 0 Å². The smallest absolute Gasteiger partial charge is 0.237 e. The third-order valence-corrected chi connectivity index (χ3v) is 7.50. The molecule has 3 aliphatic heterocycles. The highest BCUT2D eigenvalue weighted by molar-refractivity contribution is 7.91. The maximum absolute atomic E-state index is 12.9. The summed E-state index contributed by atoms with van der Waals surface area (Å²) in [6.45, 7) is 4.02. The largest absolute Gasteiger partial charge is 0.395 e. The molecule has 0 bridgehead atoms. The number of carbonyl (C=O) groups is 1. The summed E-state index contributed by atoms with van der Waals surface area (Å²) in [5.41, 5.74) is 0. The Balaban J connectivity index is 1.65. The molecule has 1 N–H and O–H groups in total. The molecule has 7 nitrogen and oxygen atoms in total. The molecule has 0 aromatic rings. The number of carbonyl (C=O) groups excluding carboxylic acids is 1. The summed E-state index contributed by atoms with van der Waals surface area (Å²) in [7, 11) is -3.12. The minimum atomic E-state index is -3.12. The van der Waals surface area contributed by atoms with Gasteiger partial charge in [0.15, 0.2) is 9.84 Å². The van der Waals surface area contributed by atoms with Gasteiger partial charge in [0.05, 0.1) is 30.7 Å². The number of aliphatic hydroxyl groups is 1. The number of fused-ring (bicyclic) bond motifs is 1. The first-order valence-corrected chi connectivity index (χ1v) is 11.4. The lowest BCUT2D eigenvalue weighted by molar-refractivity contribution is -0.138. The molecule has 0 radical (unpaired) electrons. The van der Waals surface area contributed by atoms with Crippen LogP contribution in [0.5, 0.6) is 0 Å². The molecule has 0 aliphatic carbocycles. The van der Waals surface area contributed by atoms with Gasteiger partial charge in [0.1, 0.15) is 0 Å². The van der Waals surface area contributed by atoms with Gasteiger partial charge in [0.2, 0.25) is 5.91 Å². The molecule has 0 unspecified atom stereocenters. The Kier molecular flexibility index (Phi) is 6.35. The van der Waals surface area contributed by atoms with Gasteiger partial charge in [-0.05, 0) is 25.9 Å². The van der Waals surface area contributed by atoms with Gasteiger partial charge in [-0.3, -0.25) is 14.6 Å². The maximum Gasteiger partial charge on any atom is 0.237 e. The number of sulfone groups is 1. The average Bonchev–Trinajstić information content (AvgIpc) is 2.85. The van der Waals surface area contributed by atoms with Crippen LogP contribution in [0.25, 0.3) is 0 Å². The zero-order valence-electron chi connectivity index (χ0n) is 15.0. The van der Waals surface area contributed by atoms with Crippen molar-refractivity contribution in [1.29, 1.82) is 0 Å². The Hall–Kier alpha value is -0.700. The number of hydrogen-bond acceptors (Lipinski definition) is 6. The van der Waals surface area contributed by atoms with Crippen molar-refractivity contribution >= 4 is 15.7 Å². The van der Waals surface area contributed by atoms with Crippen LogP contribution >= 0.6 is 0 Å². The maximum atomic E-state index is 12.9. The van der Waals surface area contributed by atoms with E-state index in [1.807, 2.05) is 9.80 Å². The molecule has 1 amide bonds. The Morgan fingerprint density at radius 3 is 2.24 bits per heavy atom. The van der Waals surface area contributed by atoms with Crippen molar-refractivity contribution in [1.82, 2.24) is 14.7 Å². The Bertz CT molecular complexity index is 560. The molecule has 0 aromatic carbocycles. The third-order valence-electron chi connectivity index (χ3n) is 5.81. The van der Waals surface area contributed by atoms with E-state index in [4.69, 9.17) is 0 Å². The molecule has 8 heteroatoms. The van der Waals surface area contributed by atoms with E-state index >= 15 is 0 Å². The van der Waals surface area contributed by atoms with Gasteiger partial charge in [-0.1, -0.05) is 19.3 Å². The first-order chi connectivity index (χ1) is 12.0. The summed E-state index contributed by atoms with van der Waals surface area (Å²) < 4.78 is 24.3. The van der Waals surface area contributed by atoms with E-state index in [1.165, 1.54) is 19.3 Å². The molecule has 2 atom stereocenters. The van der Waals surface area contributed by atoms with E-state index in [0.29, 0.717) is 26.2 Å². The second kappa shape index (κ2) is 8.33. The molecule has 3 saturated heterocycles. The average molecular weight is 374 g/mol. The van der Waals surface area contributed by atoms with E-state index in [2.05, 4.69) is 4.90 Å². The topological polar surface area (TPSA) is 81.2 Å². The lowest BCUT2D eigenvalue weighted by Gasteiger charge is -2.44. The minimum Gasteiger partial charge on any atom is -0.395 e. The van der Waals surface area contributed by atoms with E-state index < -0.39 is 9.84 Å². The van der Waals surface area contributed by atoms with Crippen molar-refractivity contribution in [2.75, 3.05) is 57.4 Å². The molecule has 0 spiro atoms. The van der Waals surface area contributed by atoms with Crippen LogP contribution in [-0.2, 0) is 14.6 Å². The summed E-state index contributed by atoms with van der Waals surface area (Å²) in [5.74, 6) is 0.229. The number of aliphatic hydroxyl groups excluding tert-OH is 1. The van der Waals surface area contributed by atoms with Crippen LogP contribution in [0.2, 0.25) is 0 Å². The fourth-order valence-electron chi connectivity index (χ4n) is 4.49. The van der Waals surface area contributed by atoms with Crippen LogP contribution in [0.15, 0.2) is 0 Å². The highest BCUT2D eigenvalue weighted by atomic mass is 32.2. The number of rotatable bonds is 4. The van der Waals surface area contributed by atoms with Crippen molar-refractivity contribution in [3.8, 4) is 0 Å². The standard InChI is InChI=1S/C17H31N3O4S/c21-11-10-19-8-9-20(16-14-25(23,24)13-15(16)19)17(22)12-18-6-4-2-1-3-5-7-18/h15-16,21H,1-14H2/t15-,16+/m0/s1. The summed E-state index contributed by atoms with van der Waals surface area (Å²) in [6, 6.07) is -0.422. The quantitative estimate of drug-likeness (QED) is 0.719. The second-order valence-corrected chi connectivity index (χ2v) is 9.76. The second-order valence-electron chi connectivity index (χ2n) is 7.60. The number of amides is 1. The zero-order chi connectivity index (χ0) is 17.9. The minimum absolute atomic E-state index is 0.0188. The fraction of sp³-hybridized carbons (Fsp3) is 0.941. The Labute approximate surface area is 150 Å². The number of piperazine rings is 1. The first kappa shape index (κ1) is 19.1. The van der Waals surface area contributed by atoms with Crippen molar-refractivity contribution in [2.45, 2.75) is 44.2 Å².